The molecule has 0 spiro atoms. The minimum atomic E-state index is -3.95. The molecule has 38 heavy (non-hydrogen) atoms. The van der Waals surface area contributed by atoms with E-state index in [1.54, 1.807) is 66.9 Å². The summed E-state index contributed by atoms with van der Waals surface area (Å²) in [5, 5.41) is 2.09. The number of ether oxygens (including phenoxy) is 1. The summed E-state index contributed by atoms with van der Waals surface area (Å²) >= 11 is 6.04. The first-order chi connectivity index (χ1) is 18.3. The van der Waals surface area contributed by atoms with Gasteiger partial charge in [0.2, 0.25) is 10.0 Å². The Hall–Kier alpha value is -3.86. The Bertz CT molecular complexity index is 1610. The van der Waals surface area contributed by atoms with Gasteiger partial charge in [-0.15, -0.1) is 0 Å². The number of halogens is 1. The fourth-order valence-electron chi connectivity index (χ4n) is 4.47. The summed E-state index contributed by atoms with van der Waals surface area (Å²) in [5.41, 5.74) is 1.88. The van der Waals surface area contributed by atoms with Crippen molar-refractivity contribution in [3.8, 4) is 11.3 Å². The predicted octanol–water partition coefficient (Wildman–Crippen LogP) is 3.64. The van der Waals surface area contributed by atoms with Gasteiger partial charge in [-0.3, -0.25) is 4.79 Å². The molecule has 1 unspecified atom stereocenters. The first-order valence-electron chi connectivity index (χ1n) is 11.7. The SMILES string of the molecule is COC(=O)C1CN(S(=O)(=O)c2ccc3cc(Cl)ccc3c2)CCN1C(=O)c1ccc(-c2ccncn2)cc1. The number of rotatable bonds is 5. The third kappa shape index (κ3) is 4.98. The molecule has 1 aliphatic rings. The Morgan fingerprint density at radius 3 is 2.42 bits per heavy atom. The molecular weight excluding hydrogens is 528 g/mol. The van der Waals surface area contributed by atoms with Crippen molar-refractivity contribution >= 4 is 44.3 Å². The van der Waals surface area contributed by atoms with Gasteiger partial charge in [0.15, 0.2) is 0 Å². The van der Waals surface area contributed by atoms with Crippen LogP contribution in [0.2, 0.25) is 5.02 Å². The van der Waals surface area contributed by atoms with Crippen molar-refractivity contribution in [3.63, 3.8) is 0 Å². The largest absolute Gasteiger partial charge is 0.467 e. The fourth-order valence-corrected chi connectivity index (χ4v) is 6.13. The normalized spacial score (nSPS) is 16.4. The van der Waals surface area contributed by atoms with Gasteiger partial charge >= 0.3 is 5.97 Å². The highest BCUT2D eigenvalue weighted by molar-refractivity contribution is 7.89. The molecule has 1 aliphatic heterocycles. The fraction of sp³-hybridized carbons (Fsp3) is 0.185. The molecule has 1 saturated heterocycles. The van der Waals surface area contributed by atoms with Gasteiger partial charge in [-0.25, -0.2) is 23.2 Å². The topological polar surface area (TPSA) is 110 Å². The highest BCUT2D eigenvalue weighted by Gasteiger charge is 2.40. The van der Waals surface area contributed by atoms with Crippen molar-refractivity contribution in [3.05, 3.63) is 89.8 Å². The van der Waals surface area contributed by atoms with Gasteiger partial charge in [0, 0.05) is 42.0 Å². The second kappa shape index (κ2) is 10.5. The van der Waals surface area contributed by atoms with Gasteiger partial charge in [0.25, 0.3) is 5.91 Å². The molecule has 1 fully saturated rings. The minimum absolute atomic E-state index is 0.0225. The molecule has 0 aliphatic carbocycles. The maximum Gasteiger partial charge on any atom is 0.329 e. The quantitative estimate of drug-likeness (QED) is 0.349. The van der Waals surface area contributed by atoms with Crippen molar-refractivity contribution < 1.29 is 22.7 Å². The van der Waals surface area contributed by atoms with Crippen LogP contribution >= 0.6 is 11.6 Å². The molecule has 9 nitrogen and oxygen atoms in total. The maximum absolute atomic E-state index is 13.5. The second-order valence-electron chi connectivity index (χ2n) is 8.73. The Morgan fingerprint density at radius 2 is 1.71 bits per heavy atom. The number of piperazine rings is 1. The van der Waals surface area contributed by atoms with Crippen LogP contribution in [-0.4, -0.2) is 72.3 Å². The number of benzene rings is 3. The molecule has 2 heterocycles. The zero-order valence-electron chi connectivity index (χ0n) is 20.3. The van der Waals surface area contributed by atoms with Crippen LogP contribution in [0.4, 0.5) is 0 Å². The Labute approximate surface area is 224 Å². The Morgan fingerprint density at radius 1 is 0.974 bits per heavy atom. The lowest BCUT2D eigenvalue weighted by atomic mass is 10.1. The molecule has 1 atom stereocenters. The van der Waals surface area contributed by atoms with Crippen LogP contribution < -0.4 is 0 Å². The summed E-state index contributed by atoms with van der Waals surface area (Å²) in [4.78, 5) is 35.7. The molecule has 1 amide bonds. The molecule has 0 N–H and O–H groups in total. The number of methoxy groups -OCH3 is 1. The summed E-state index contributed by atoms with van der Waals surface area (Å²) in [6, 6.07) is 17.5. The van der Waals surface area contributed by atoms with Crippen LogP contribution in [-0.2, 0) is 19.6 Å². The predicted molar refractivity (Wildman–Crippen MR) is 142 cm³/mol. The molecule has 3 aromatic carbocycles. The molecule has 5 rings (SSSR count). The van der Waals surface area contributed by atoms with Crippen LogP contribution in [0.15, 0.2) is 84.1 Å². The number of hydrogen-bond acceptors (Lipinski definition) is 7. The average Bonchev–Trinajstić information content (AvgIpc) is 2.96. The van der Waals surface area contributed by atoms with E-state index >= 15 is 0 Å². The highest BCUT2D eigenvalue weighted by atomic mass is 35.5. The van der Waals surface area contributed by atoms with E-state index in [0.29, 0.717) is 16.3 Å². The molecule has 0 bridgehead atoms. The van der Waals surface area contributed by atoms with Gasteiger partial charge in [-0.1, -0.05) is 35.9 Å². The molecule has 0 saturated carbocycles. The lowest BCUT2D eigenvalue weighted by molar-refractivity contribution is -0.147. The van der Waals surface area contributed by atoms with Crippen molar-refractivity contribution in [1.82, 2.24) is 19.2 Å². The molecule has 11 heteroatoms. The van der Waals surface area contributed by atoms with Crippen LogP contribution in [0.3, 0.4) is 0 Å². The van der Waals surface area contributed by atoms with Crippen LogP contribution in [0.25, 0.3) is 22.0 Å². The molecule has 0 radical (unpaired) electrons. The summed E-state index contributed by atoms with van der Waals surface area (Å²) in [6.07, 6.45) is 3.07. The summed E-state index contributed by atoms with van der Waals surface area (Å²) in [7, 11) is -2.73. The van der Waals surface area contributed by atoms with Gasteiger partial charge in [-0.05, 0) is 53.2 Å². The maximum atomic E-state index is 13.5. The van der Waals surface area contributed by atoms with E-state index in [1.165, 1.54) is 28.7 Å². The van der Waals surface area contributed by atoms with Crippen LogP contribution in [0, 0.1) is 0 Å². The highest BCUT2D eigenvalue weighted by Crippen LogP contribution is 2.27. The third-order valence-electron chi connectivity index (χ3n) is 6.50. The molecule has 4 aromatic rings. The number of sulfonamides is 1. The lowest BCUT2D eigenvalue weighted by Crippen LogP contribution is -2.59. The molecule has 194 valence electrons. The number of carbonyl (C=O) groups excluding carboxylic acids is 2. The van der Waals surface area contributed by atoms with Gasteiger partial charge in [0.1, 0.15) is 12.4 Å². The second-order valence-corrected chi connectivity index (χ2v) is 11.1. The van der Waals surface area contributed by atoms with Gasteiger partial charge < -0.3 is 9.64 Å². The summed E-state index contributed by atoms with van der Waals surface area (Å²) in [6.45, 7) is -0.174. The monoisotopic (exact) mass is 550 g/mol. The zero-order chi connectivity index (χ0) is 26.9. The van der Waals surface area contributed by atoms with E-state index in [-0.39, 0.29) is 24.5 Å². The van der Waals surface area contributed by atoms with Crippen LogP contribution in [0.1, 0.15) is 10.4 Å². The Kier molecular flexibility index (Phi) is 7.11. The number of amides is 1. The molecule has 1 aromatic heterocycles. The van der Waals surface area contributed by atoms with E-state index in [4.69, 9.17) is 16.3 Å². The van der Waals surface area contributed by atoms with E-state index < -0.39 is 27.9 Å². The standard InChI is InChI=1S/C27H23ClN4O5S/c1-37-27(34)25-16-31(38(35,36)23-9-7-20-14-22(28)8-6-21(20)15-23)12-13-32(25)26(33)19-4-2-18(3-5-19)24-10-11-29-17-30-24/h2-11,14-15,17,25H,12-13,16H2,1H3. The summed E-state index contributed by atoms with van der Waals surface area (Å²) in [5.74, 6) is -1.08. The zero-order valence-corrected chi connectivity index (χ0v) is 21.9. The van der Waals surface area contributed by atoms with Gasteiger partial charge in [-0.2, -0.15) is 4.31 Å². The number of aromatic nitrogens is 2. The number of hydrogen-bond donors (Lipinski definition) is 0. The number of fused-ring (bicyclic) bond motifs is 1. The minimum Gasteiger partial charge on any atom is -0.467 e. The number of carbonyl (C=O) groups is 2. The van der Waals surface area contributed by atoms with Crippen molar-refractivity contribution in [1.29, 1.82) is 0 Å². The number of esters is 1. The Balaban J connectivity index is 1.38. The van der Waals surface area contributed by atoms with E-state index in [1.807, 2.05) is 0 Å². The lowest BCUT2D eigenvalue weighted by Gasteiger charge is -2.39. The van der Waals surface area contributed by atoms with Crippen molar-refractivity contribution in [2.45, 2.75) is 10.9 Å². The average molecular weight is 551 g/mol. The first kappa shape index (κ1) is 25.8. The van der Waals surface area contributed by atoms with Crippen LogP contribution in [0.5, 0.6) is 0 Å². The van der Waals surface area contributed by atoms with Crippen molar-refractivity contribution in [2.75, 3.05) is 26.7 Å². The third-order valence-corrected chi connectivity index (χ3v) is 8.59. The van der Waals surface area contributed by atoms with E-state index in [0.717, 1.165) is 16.3 Å². The van der Waals surface area contributed by atoms with Crippen molar-refractivity contribution in [2.24, 2.45) is 0 Å². The van der Waals surface area contributed by atoms with Gasteiger partial charge in [0.05, 0.1) is 17.7 Å². The van der Waals surface area contributed by atoms with E-state index in [9.17, 15) is 18.0 Å². The number of nitrogens with zero attached hydrogens (tertiary/aromatic N) is 4. The first-order valence-corrected chi connectivity index (χ1v) is 13.5. The molecular formula is C27H23ClN4O5S. The van der Waals surface area contributed by atoms with E-state index in [2.05, 4.69) is 9.97 Å². The summed E-state index contributed by atoms with van der Waals surface area (Å²) < 4.78 is 33.2. The smallest absolute Gasteiger partial charge is 0.329 e.